The van der Waals surface area contributed by atoms with E-state index >= 15 is 0 Å². The molecule has 2 heterocycles. The van der Waals surface area contributed by atoms with Crippen molar-refractivity contribution in [1.29, 1.82) is 0 Å². The first-order chi connectivity index (χ1) is 20.0. The van der Waals surface area contributed by atoms with E-state index in [-0.39, 0.29) is 5.91 Å². The Kier molecular flexibility index (Phi) is 9.76. The number of hydrogen-bond donors (Lipinski definition) is 0. The molecule has 0 saturated heterocycles. The molecule has 220 valence electrons. The summed E-state index contributed by atoms with van der Waals surface area (Å²) < 4.78 is 28.1. The molecular weight excluding hydrogens is 549 g/mol. The predicted octanol–water partition coefficient (Wildman–Crippen LogP) is 6.84. The SMILES string of the molecule is CCOc1cc(C(=O)N(C)Cc2cnc(C)c3cnn(COCC[Si](C)(C)C)c23)ccc1-c1cc(F)cc(C#[N+]C)c1. The highest BCUT2D eigenvalue weighted by atomic mass is 28.3. The molecule has 4 aromatic rings. The van der Waals surface area contributed by atoms with Crippen molar-refractivity contribution in [2.24, 2.45) is 0 Å². The highest BCUT2D eigenvalue weighted by Gasteiger charge is 2.20. The number of rotatable bonds is 11. The first-order valence-electron chi connectivity index (χ1n) is 14.1. The highest BCUT2D eigenvalue weighted by Crippen LogP contribution is 2.33. The van der Waals surface area contributed by atoms with Gasteiger partial charge in [0.1, 0.15) is 23.9 Å². The lowest BCUT2D eigenvalue weighted by Gasteiger charge is -2.20. The molecule has 0 spiro atoms. The van der Waals surface area contributed by atoms with Gasteiger partial charge in [0.05, 0.1) is 18.3 Å². The van der Waals surface area contributed by atoms with Crippen LogP contribution in [-0.4, -0.2) is 61.0 Å². The highest BCUT2D eigenvalue weighted by molar-refractivity contribution is 6.76. The Hall–Kier alpha value is -4.07. The molecular formula is C32H39FN5O3Si+. The van der Waals surface area contributed by atoms with Crippen LogP contribution in [0.4, 0.5) is 4.39 Å². The van der Waals surface area contributed by atoms with Crippen molar-refractivity contribution in [3.63, 3.8) is 0 Å². The zero-order valence-corrected chi connectivity index (χ0v) is 26.5. The molecule has 10 heteroatoms. The summed E-state index contributed by atoms with van der Waals surface area (Å²) in [5.74, 6) is -0.0885. The summed E-state index contributed by atoms with van der Waals surface area (Å²) in [5, 5.41) is 5.50. The molecule has 0 unspecified atom stereocenters. The lowest BCUT2D eigenvalue weighted by atomic mass is 10.00. The van der Waals surface area contributed by atoms with Crippen LogP contribution >= 0.6 is 0 Å². The van der Waals surface area contributed by atoms with Gasteiger partial charge in [-0.3, -0.25) is 9.78 Å². The van der Waals surface area contributed by atoms with Gasteiger partial charge < -0.3 is 14.4 Å². The molecule has 0 aliphatic heterocycles. The van der Waals surface area contributed by atoms with Gasteiger partial charge in [-0.2, -0.15) is 5.10 Å². The molecule has 0 aliphatic rings. The maximum Gasteiger partial charge on any atom is 0.310 e. The van der Waals surface area contributed by atoms with E-state index < -0.39 is 13.9 Å². The molecule has 0 N–H and O–H groups in total. The number of halogens is 1. The van der Waals surface area contributed by atoms with Crippen molar-refractivity contribution in [3.05, 3.63) is 81.8 Å². The average molecular weight is 589 g/mol. The zero-order valence-electron chi connectivity index (χ0n) is 25.5. The third-order valence-electron chi connectivity index (χ3n) is 6.89. The van der Waals surface area contributed by atoms with E-state index in [0.29, 0.717) is 54.5 Å². The van der Waals surface area contributed by atoms with Crippen LogP contribution in [0, 0.1) is 18.8 Å². The molecule has 0 saturated carbocycles. The molecule has 0 aliphatic carbocycles. The number of pyridine rings is 1. The van der Waals surface area contributed by atoms with Gasteiger partial charge in [0.15, 0.2) is 0 Å². The smallest absolute Gasteiger partial charge is 0.310 e. The number of ether oxygens (including phenoxy) is 2. The maximum atomic E-state index is 14.3. The first-order valence-corrected chi connectivity index (χ1v) is 17.8. The Labute approximate surface area is 247 Å². The fraction of sp³-hybridized carbons (Fsp3) is 0.375. The number of amides is 1. The standard InChI is InChI=1S/C32H39FN5O3Si/c1-8-41-30-16-24(9-10-28(30)25-13-23(17-34-3)14-27(33)15-25)32(39)37(4)20-26-18-35-22(2)29-19-36-38(31(26)29)21-40-11-12-42(5,6)7/h9-10,13-16,18-19H,8,11-12,20-21H2,1-7H3/q+1. The number of benzene rings is 2. The Morgan fingerprint density at radius 1 is 1.17 bits per heavy atom. The van der Waals surface area contributed by atoms with Gasteiger partial charge in [-0.25, -0.2) is 9.07 Å². The van der Waals surface area contributed by atoms with Crippen LogP contribution in [-0.2, 0) is 18.0 Å². The van der Waals surface area contributed by atoms with Gasteiger partial charge in [-0.05, 0) is 61.9 Å². The van der Waals surface area contributed by atoms with Crippen molar-refractivity contribution < 1.29 is 18.7 Å². The van der Waals surface area contributed by atoms with Crippen LogP contribution in [0.25, 0.3) is 26.9 Å². The topological polar surface area (TPSA) is 73.8 Å². The fourth-order valence-electron chi connectivity index (χ4n) is 4.69. The number of aromatic nitrogens is 3. The van der Waals surface area contributed by atoms with Crippen LogP contribution in [0.5, 0.6) is 5.75 Å². The zero-order chi connectivity index (χ0) is 30.4. The molecule has 0 radical (unpaired) electrons. The molecule has 0 bridgehead atoms. The second kappa shape index (κ2) is 13.3. The van der Waals surface area contributed by atoms with Crippen molar-refractivity contribution in [2.45, 2.75) is 52.8 Å². The minimum atomic E-state index is -1.20. The van der Waals surface area contributed by atoms with Crippen molar-refractivity contribution in [1.82, 2.24) is 19.7 Å². The summed E-state index contributed by atoms with van der Waals surface area (Å²) >= 11 is 0. The third kappa shape index (κ3) is 7.41. The minimum absolute atomic E-state index is 0.180. The van der Waals surface area contributed by atoms with Gasteiger partial charge >= 0.3 is 6.07 Å². The second-order valence-corrected chi connectivity index (χ2v) is 17.1. The van der Waals surface area contributed by atoms with Gasteiger partial charge in [0.25, 0.3) is 13.0 Å². The number of fused-ring (bicyclic) bond motifs is 1. The third-order valence-corrected chi connectivity index (χ3v) is 8.59. The Morgan fingerprint density at radius 3 is 2.67 bits per heavy atom. The lowest BCUT2D eigenvalue weighted by Crippen LogP contribution is -2.27. The van der Waals surface area contributed by atoms with Crippen molar-refractivity contribution in [2.75, 3.05) is 27.3 Å². The summed E-state index contributed by atoms with van der Waals surface area (Å²) in [6.45, 7) is 12.5. The van der Waals surface area contributed by atoms with E-state index in [1.165, 1.54) is 12.1 Å². The van der Waals surface area contributed by atoms with Gasteiger partial charge in [-0.15, -0.1) is 0 Å². The lowest BCUT2D eigenvalue weighted by molar-refractivity contribution is 0.0781. The van der Waals surface area contributed by atoms with Crippen LogP contribution in [0.3, 0.4) is 0 Å². The molecule has 42 heavy (non-hydrogen) atoms. The number of hydrogen-bond acceptors (Lipinski definition) is 5. The van der Waals surface area contributed by atoms with Crippen LogP contribution in [0.2, 0.25) is 25.7 Å². The van der Waals surface area contributed by atoms with Crippen LogP contribution < -0.4 is 4.74 Å². The quantitative estimate of drug-likeness (QED) is 0.142. The first kappa shape index (κ1) is 30.9. The van der Waals surface area contributed by atoms with Gasteiger partial charge in [0, 0.05) is 62.2 Å². The molecule has 8 nitrogen and oxygen atoms in total. The summed E-state index contributed by atoms with van der Waals surface area (Å²) in [5.41, 5.74) is 4.94. The number of carbonyl (C=O) groups excluding carboxylic acids is 1. The number of nitrogens with zero attached hydrogens (tertiary/aromatic N) is 5. The summed E-state index contributed by atoms with van der Waals surface area (Å²) in [6.07, 6.45) is 3.61. The average Bonchev–Trinajstić information content (AvgIpc) is 3.37. The molecule has 1 amide bonds. The fourth-order valence-corrected chi connectivity index (χ4v) is 5.45. The molecule has 0 fully saturated rings. The summed E-state index contributed by atoms with van der Waals surface area (Å²) in [4.78, 5) is 23.7. The minimum Gasteiger partial charge on any atom is -0.493 e. The Balaban J connectivity index is 1.59. The van der Waals surface area contributed by atoms with Gasteiger partial charge in [-0.1, -0.05) is 24.5 Å². The van der Waals surface area contributed by atoms with Crippen molar-refractivity contribution in [3.8, 4) is 22.9 Å². The monoisotopic (exact) mass is 588 g/mol. The van der Waals surface area contributed by atoms with Gasteiger partial charge in [0.2, 0.25) is 0 Å². The van der Waals surface area contributed by atoms with E-state index in [1.54, 1.807) is 55.7 Å². The maximum absolute atomic E-state index is 14.3. The van der Waals surface area contributed by atoms with Crippen LogP contribution in [0.1, 0.15) is 34.1 Å². The Bertz CT molecular complexity index is 1650. The van der Waals surface area contributed by atoms with E-state index in [9.17, 15) is 9.18 Å². The van der Waals surface area contributed by atoms with E-state index in [2.05, 4.69) is 40.6 Å². The molecule has 4 rings (SSSR count). The van der Waals surface area contributed by atoms with E-state index in [1.807, 2.05) is 18.5 Å². The van der Waals surface area contributed by atoms with E-state index in [0.717, 1.165) is 28.2 Å². The molecule has 0 atom stereocenters. The molecule has 2 aromatic heterocycles. The van der Waals surface area contributed by atoms with E-state index in [4.69, 9.17) is 9.47 Å². The summed E-state index contributed by atoms with van der Waals surface area (Å²) in [7, 11) is 2.14. The normalized spacial score (nSPS) is 11.3. The van der Waals surface area contributed by atoms with Crippen LogP contribution in [0.15, 0.2) is 48.8 Å². The number of aryl methyl sites for hydroxylation is 1. The Morgan fingerprint density at radius 2 is 1.95 bits per heavy atom. The van der Waals surface area contributed by atoms with Crippen molar-refractivity contribution >= 4 is 24.9 Å². The predicted molar refractivity (Wildman–Crippen MR) is 167 cm³/mol. The summed E-state index contributed by atoms with van der Waals surface area (Å²) in [6, 6.07) is 13.7. The largest absolute Gasteiger partial charge is 0.493 e. The second-order valence-electron chi connectivity index (χ2n) is 11.5. The number of carbonyl (C=O) groups is 1. The molecule has 2 aromatic carbocycles.